The van der Waals surface area contributed by atoms with E-state index in [0.29, 0.717) is 17.4 Å². The highest BCUT2D eigenvalue weighted by Gasteiger charge is 2.14. The summed E-state index contributed by atoms with van der Waals surface area (Å²) in [7, 11) is 0. The van der Waals surface area contributed by atoms with Gasteiger partial charge in [0.05, 0.1) is 6.04 Å². The number of nitrogens with two attached hydrogens (primary N) is 1. The molecule has 0 amide bonds. The van der Waals surface area contributed by atoms with E-state index in [2.05, 4.69) is 19.8 Å². The van der Waals surface area contributed by atoms with Gasteiger partial charge in [-0.05, 0) is 6.42 Å². The predicted octanol–water partition coefficient (Wildman–Crippen LogP) is 1.13. The lowest BCUT2D eigenvalue weighted by Crippen LogP contribution is -2.10. The predicted molar refractivity (Wildman–Crippen MR) is 47.0 cm³/mol. The van der Waals surface area contributed by atoms with E-state index in [0.717, 1.165) is 6.42 Å². The smallest absolute Gasteiger partial charge is 0.280 e. The Morgan fingerprint density at radius 1 is 1.50 bits per heavy atom. The largest absolute Gasteiger partial charge is 0.364 e. The van der Waals surface area contributed by atoms with E-state index in [1.807, 2.05) is 6.92 Å². The van der Waals surface area contributed by atoms with Crippen LogP contribution in [0.1, 0.15) is 25.2 Å². The Kier molecular flexibility index (Phi) is 2.28. The minimum absolute atomic E-state index is 0.195. The summed E-state index contributed by atoms with van der Waals surface area (Å²) in [6.07, 6.45) is 2.21. The van der Waals surface area contributed by atoms with Crippen LogP contribution in [0.25, 0.3) is 11.6 Å². The zero-order chi connectivity index (χ0) is 9.97. The molecule has 2 aromatic heterocycles. The van der Waals surface area contributed by atoms with E-state index in [1.165, 1.54) is 6.26 Å². The average molecular weight is 194 g/mol. The van der Waals surface area contributed by atoms with Crippen LogP contribution in [0.4, 0.5) is 0 Å². The molecule has 1 unspecified atom stereocenters. The first-order chi connectivity index (χ1) is 6.81. The first-order valence-electron chi connectivity index (χ1n) is 4.31. The van der Waals surface area contributed by atoms with Crippen LogP contribution in [0.15, 0.2) is 21.4 Å². The van der Waals surface area contributed by atoms with Crippen molar-refractivity contribution in [2.24, 2.45) is 5.73 Å². The second-order valence-corrected chi connectivity index (χ2v) is 2.86. The minimum atomic E-state index is -0.195. The molecular weight excluding hydrogens is 184 g/mol. The zero-order valence-electron chi connectivity index (χ0n) is 7.67. The Bertz CT molecular complexity index is 395. The van der Waals surface area contributed by atoms with Gasteiger partial charge in [0, 0.05) is 6.07 Å². The molecule has 2 aromatic rings. The van der Waals surface area contributed by atoms with Gasteiger partial charge in [0.15, 0.2) is 11.5 Å². The van der Waals surface area contributed by atoms with Crippen molar-refractivity contribution in [2.45, 2.75) is 19.4 Å². The topological polar surface area (TPSA) is 91.0 Å². The van der Waals surface area contributed by atoms with Crippen molar-refractivity contribution in [1.82, 2.24) is 15.3 Å². The number of rotatable bonds is 3. The van der Waals surface area contributed by atoms with Gasteiger partial charge in [-0.25, -0.2) is 0 Å². The molecule has 0 fully saturated rings. The highest BCUT2D eigenvalue weighted by Crippen LogP contribution is 2.17. The van der Waals surface area contributed by atoms with Crippen LogP contribution in [0.2, 0.25) is 0 Å². The molecule has 0 bridgehead atoms. The second kappa shape index (κ2) is 3.59. The van der Waals surface area contributed by atoms with Gasteiger partial charge in [0.25, 0.3) is 5.89 Å². The van der Waals surface area contributed by atoms with Crippen LogP contribution in [0.5, 0.6) is 0 Å². The van der Waals surface area contributed by atoms with Crippen LogP contribution >= 0.6 is 0 Å². The average Bonchev–Trinajstić information content (AvgIpc) is 2.86. The molecule has 6 heteroatoms. The van der Waals surface area contributed by atoms with Gasteiger partial charge in [-0.3, -0.25) is 0 Å². The molecule has 0 saturated carbocycles. The summed E-state index contributed by atoms with van der Waals surface area (Å²) in [4.78, 5) is 4.10. The van der Waals surface area contributed by atoms with Gasteiger partial charge in [0.1, 0.15) is 6.26 Å². The normalized spacial score (nSPS) is 13.0. The number of aromatic nitrogens is 3. The lowest BCUT2D eigenvalue weighted by atomic mass is 10.2. The summed E-state index contributed by atoms with van der Waals surface area (Å²) in [5.41, 5.74) is 6.25. The van der Waals surface area contributed by atoms with E-state index >= 15 is 0 Å². The maximum atomic E-state index is 5.73. The fraction of sp³-hybridized carbons (Fsp3) is 0.375. The SMILES string of the molecule is CCC(N)c1noc(-c2ccon2)n1. The molecule has 0 aliphatic rings. The van der Waals surface area contributed by atoms with Crippen molar-refractivity contribution in [3.8, 4) is 11.6 Å². The molecular formula is C8H10N4O2. The van der Waals surface area contributed by atoms with E-state index < -0.39 is 0 Å². The molecule has 0 spiro atoms. The van der Waals surface area contributed by atoms with Gasteiger partial charge in [-0.2, -0.15) is 4.98 Å². The van der Waals surface area contributed by atoms with Crippen molar-refractivity contribution < 1.29 is 9.05 Å². The Morgan fingerprint density at radius 2 is 2.36 bits per heavy atom. The highest BCUT2D eigenvalue weighted by atomic mass is 16.5. The summed E-state index contributed by atoms with van der Waals surface area (Å²) >= 11 is 0. The highest BCUT2D eigenvalue weighted by molar-refractivity contribution is 5.43. The molecule has 0 aliphatic heterocycles. The van der Waals surface area contributed by atoms with Crippen LogP contribution in [0, 0.1) is 0 Å². The molecule has 0 aromatic carbocycles. The molecule has 0 radical (unpaired) electrons. The third-order valence-corrected chi connectivity index (χ3v) is 1.87. The second-order valence-electron chi connectivity index (χ2n) is 2.86. The number of hydrogen-bond acceptors (Lipinski definition) is 6. The molecule has 0 aliphatic carbocycles. The molecule has 2 heterocycles. The quantitative estimate of drug-likeness (QED) is 0.787. The number of nitrogens with zero attached hydrogens (tertiary/aromatic N) is 3. The zero-order valence-corrected chi connectivity index (χ0v) is 7.67. The Hall–Kier alpha value is -1.69. The van der Waals surface area contributed by atoms with Crippen molar-refractivity contribution in [1.29, 1.82) is 0 Å². The molecule has 6 nitrogen and oxygen atoms in total. The molecule has 74 valence electrons. The summed E-state index contributed by atoms with van der Waals surface area (Å²) in [6, 6.07) is 1.45. The van der Waals surface area contributed by atoms with E-state index in [-0.39, 0.29) is 6.04 Å². The van der Waals surface area contributed by atoms with Crippen molar-refractivity contribution in [3.63, 3.8) is 0 Å². The Morgan fingerprint density at radius 3 is 3.00 bits per heavy atom. The Balaban J connectivity index is 2.26. The number of hydrogen-bond donors (Lipinski definition) is 1. The van der Waals surface area contributed by atoms with Crippen LogP contribution < -0.4 is 5.73 Å². The first-order valence-corrected chi connectivity index (χ1v) is 4.31. The van der Waals surface area contributed by atoms with Crippen molar-refractivity contribution in [3.05, 3.63) is 18.2 Å². The minimum Gasteiger partial charge on any atom is -0.364 e. The lowest BCUT2D eigenvalue weighted by molar-refractivity contribution is 0.398. The summed E-state index contributed by atoms with van der Waals surface area (Å²) in [5.74, 6) is 0.822. The fourth-order valence-corrected chi connectivity index (χ4v) is 0.995. The van der Waals surface area contributed by atoms with Gasteiger partial charge in [0.2, 0.25) is 0 Å². The van der Waals surface area contributed by atoms with E-state index in [9.17, 15) is 0 Å². The monoisotopic (exact) mass is 194 g/mol. The van der Waals surface area contributed by atoms with Gasteiger partial charge >= 0.3 is 0 Å². The van der Waals surface area contributed by atoms with Gasteiger partial charge in [-0.1, -0.05) is 17.2 Å². The van der Waals surface area contributed by atoms with E-state index in [4.69, 9.17) is 10.3 Å². The van der Waals surface area contributed by atoms with Crippen LogP contribution in [-0.2, 0) is 0 Å². The standard InChI is InChI=1S/C8H10N4O2/c1-2-5(9)7-10-8(14-12-7)6-3-4-13-11-6/h3-5H,2,9H2,1H3. The molecule has 0 saturated heterocycles. The van der Waals surface area contributed by atoms with Gasteiger partial charge < -0.3 is 14.8 Å². The van der Waals surface area contributed by atoms with Crippen molar-refractivity contribution in [2.75, 3.05) is 0 Å². The van der Waals surface area contributed by atoms with Gasteiger partial charge in [-0.15, -0.1) is 0 Å². The third-order valence-electron chi connectivity index (χ3n) is 1.87. The molecule has 2 rings (SSSR count). The summed E-state index contributed by atoms with van der Waals surface area (Å²) in [5, 5.41) is 7.42. The molecule has 2 N–H and O–H groups in total. The van der Waals surface area contributed by atoms with Crippen molar-refractivity contribution >= 4 is 0 Å². The van der Waals surface area contributed by atoms with Crippen LogP contribution in [-0.4, -0.2) is 15.3 Å². The first kappa shape index (κ1) is 8.89. The third kappa shape index (κ3) is 1.51. The van der Waals surface area contributed by atoms with E-state index in [1.54, 1.807) is 6.07 Å². The van der Waals surface area contributed by atoms with Crippen LogP contribution in [0.3, 0.4) is 0 Å². The maximum Gasteiger partial charge on any atom is 0.280 e. The maximum absolute atomic E-state index is 5.73. The Labute approximate surface area is 80.1 Å². The molecule has 1 atom stereocenters. The lowest BCUT2D eigenvalue weighted by Gasteiger charge is -1.98. The summed E-state index contributed by atoms with van der Waals surface area (Å²) < 4.78 is 9.62. The molecule has 14 heavy (non-hydrogen) atoms. The fourth-order valence-electron chi connectivity index (χ4n) is 0.995. The summed E-state index contributed by atoms with van der Waals surface area (Å²) in [6.45, 7) is 1.96.